The highest BCUT2D eigenvalue weighted by molar-refractivity contribution is 9.10. The zero-order valence-electron chi connectivity index (χ0n) is 11.2. The first-order valence-electron chi connectivity index (χ1n) is 6.09. The number of halogens is 2. The van der Waals surface area contributed by atoms with Crippen LogP contribution in [0.25, 0.3) is 0 Å². The highest BCUT2D eigenvalue weighted by atomic mass is 79.9. The SMILES string of the molecule is CCn1nc(C)c(Br)c1CS(=O)c1cc(Cl)ccc1N. The van der Waals surface area contributed by atoms with Crippen LogP contribution in [0.15, 0.2) is 27.6 Å². The Morgan fingerprint density at radius 2 is 2.20 bits per heavy atom. The minimum Gasteiger partial charge on any atom is -0.398 e. The van der Waals surface area contributed by atoms with Crippen LogP contribution in [0.4, 0.5) is 5.69 Å². The molecule has 0 fully saturated rings. The van der Waals surface area contributed by atoms with Crippen molar-refractivity contribution in [1.82, 2.24) is 9.78 Å². The van der Waals surface area contributed by atoms with Gasteiger partial charge in [0.05, 0.1) is 37.3 Å². The van der Waals surface area contributed by atoms with Crippen LogP contribution in [0.5, 0.6) is 0 Å². The minimum atomic E-state index is -1.27. The van der Waals surface area contributed by atoms with Gasteiger partial charge in [0.1, 0.15) is 0 Å². The van der Waals surface area contributed by atoms with Gasteiger partial charge in [0.25, 0.3) is 0 Å². The Labute approximate surface area is 133 Å². The molecule has 2 N–H and O–H groups in total. The van der Waals surface area contributed by atoms with E-state index < -0.39 is 10.8 Å². The molecule has 1 heterocycles. The van der Waals surface area contributed by atoms with Crippen molar-refractivity contribution >= 4 is 44.0 Å². The van der Waals surface area contributed by atoms with E-state index >= 15 is 0 Å². The molecule has 108 valence electrons. The number of aryl methyl sites for hydroxylation is 2. The predicted molar refractivity (Wildman–Crippen MR) is 86.3 cm³/mol. The van der Waals surface area contributed by atoms with E-state index in [1.54, 1.807) is 18.2 Å². The van der Waals surface area contributed by atoms with E-state index in [4.69, 9.17) is 17.3 Å². The summed E-state index contributed by atoms with van der Waals surface area (Å²) in [5.41, 5.74) is 8.15. The Bertz CT molecular complexity index is 672. The second kappa shape index (κ2) is 6.28. The number of anilines is 1. The molecule has 1 aromatic heterocycles. The zero-order valence-corrected chi connectivity index (χ0v) is 14.3. The first-order valence-corrected chi connectivity index (χ1v) is 8.58. The lowest BCUT2D eigenvalue weighted by Crippen LogP contribution is -2.07. The highest BCUT2D eigenvalue weighted by Gasteiger charge is 2.17. The molecule has 1 unspecified atom stereocenters. The summed E-state index contributed by atoms with van der Waals surface area (Å²) in [5.74, 6) is 0.347. The quantitative estimate of drug-likeness (QED) is 0.831. The molecule has 20 heavy (non-hydrogen) atoms. The van der Waals surface area contributed by atoms with Gasteiger partial charge < -0.3 is 5.73 Å². The molecule has 0 aliphatic heterocycles. The molecule has 2 rings (SSSR count). The normalized spacial score (nSPS) is 12.6. The summed E-state index contributed by atoms with van der Waals surface area (Å²) in [6, 6.07) is 5.02. The second-order valence-electron chi connectivity index (χ2n) is 4.33. The number of aromatic nitrogens is 2. The lowest BCUT2D eigenvalue weighted by Gasteiger charge is -2.08. The first kappa shape index (κ1) is 15.5. The Morgan fingerprint density at radius 1 is 1.50 bits per heavy atom. The maximum atomic E-state index is 12.5. The maximum Gasteiger partial charge on any atom is 0.0739 e. The van der Waals surface area contributed by atoms with Crippen molar-refractivity contribution in [1.29, 1.82) is 0 Å². The van der Waals surface area contributed by atoms with Crippen molar-refractivity contribution in [3.63, 3.8) is 0 Å². The van der Waals surface area contributed by atoms with Crippen LogP contribution in [0.1, 0.15) is 18.3 Å². The minimum absolute atomic E-state index is 0.347. The summed E-state index contributed by atoms with van der Waals surface area (Å²) < 4.78 is 15.3. The van der Waals surface area contributed by atoms with E-state index in [0.717, 1.165) is 22.4 Å². The van der Waals surface area contributed by atoms with Crippen molar-refractivity contribution in [2.24, 2.45) is 0 Å². The van der Waals surface area contributed by atoms with Crippen LogP contribution < -0.4 is 5.73 Å². The third-order valence-corrected chi connectivity index (χ3v) is 5.59. The van der Waals surface area contributed by atoms with Gasteiger partial charge in [-0.05, 0) is 48.0 Å². The third kappa shape index (κ3) is 3.07. The largest absolute Gasteiger partial charge is 0.398 e. The summed E-state index contributed by atoms with van der Waals surface area (Å²) in [4.78, 5) is 0.561. The molecule has 0 bridgehead atoms. The topological polar surface area (TPSA) is 60.9 Å². The van der Waals surface area contributed by atoms with Gasteiger partial charge in [-0.3, -0.25) is 8.89 Å². The fourth-order valence-corrected chi connectivity index (χ4v) is 4.05. The second-order valence-corrected chi connectivity index (χ2v) is 6.98. The monoisotopic (exact) mass is 375 g/mol. The van der Waals surface area contributed by atoms with Gasteiger partial charge >= 0.3 is 0 Å². The Balaban J connectivity index is 2.35. The molecule has 0 saturated heterocycles. The molecule has 1 aromatic carbocycles. The van der Waals surface area contributed by atoms with Crippen molar-refractivity contribution < 1.29 is 4.21 Å². The van der Waals surface area contributed by atoms with E-state index in [9.17, 15) is 4.21 Å². The number of nitrogens with two attached hydrogens (primary N) is 1. The first-order chi connectivity index (χ1) is 9.43. The summed E-state index contributed by atoms with van der Waals surface area (Å²) in [6.45, 7) is 4.64. The van der Waals surface area contributed by atoms with Crippen LogP contribution >= 0.6 is 27.5 Å². The smallest absolute Gasteiger partial charge is 0.0739 e. The summed E-state index contributed by atoms with van der Waals surface area (Å²) >= 11 is 9.44. The van der Waals surface area contributed by atoms with E-state index in [-0.39, 0.29) is 0 Å². The molecule has 2 aromatic rings. The Morgan fingerprint density at radius 3 is 2.85 bits per heavy atom. The standard InChI is InChI=1S/C13H15BrClN3OS/c1-3-18-11(13(14)8(2)17-18)7-20(19)12-6-9(15)4-5-10(12)16/h4-6H,3,7,16H2,1-2H3. The molecular formula is C13H15BrClN3OS. The highest BCUT2D eigenvalue weighted by Crippen LogP contribution is 2.27. The van der Waals surface area contributed by atoms with Gasteiger partial charge in [0.2, 0.25) is 0 Å². The fourth-order valence-electron chi connectivity index (χ4n) is 1.91. The summed E-state index contributed by atoms with van der Waals surface area (Å²) in [7, 11) is -1.27. The van der Waals surface area contributed by atoms with Crippen LogP contribution in [-0.2, 0) is 23.1 Å². The van der Waals surface area contributed by atoms with Crippen LogP contribution in [0.3, 0.4) is 0 Å². The zero-order chi connectivity index (χ0) is 14.9. The number of rotatable bonds is 4. The molecule has 0 aliphatic rings. The lowest BCUT2D eigenvalue weighted by atomic mass is 10.3. The summed E-state index contributed by atoms with van der Waals surface area (Å²) in [6.07, 6.45) is 0. The van der Waals surface area contributed by atoms with E-state index in [0.29, 0.717) is 21.4 Å². The molecule has 1 atom stereocenters. The number of hydrogen-bond donors (Lipinski definition) is 1. The van der Waals surface area contributed by atoms with Gasteiger partial charge in [-0.15, -0.1) is 0 Å². The molecule has 0 saturated carbocycles. The Kier molecular flexibility index (Phi) is 4.88. The molecular weight excluding hydrogens is 362 g/mol. The molecule has 4 nitrogen and oxygen atoms in total. The third-order valence-electron chi connectivity index (χ3n) is 2.94. The fraction of sp³-hybridized carbons (Fsp3) is 0.308. The van der Waals surface area contributed by atoms with Gasteiger partial charge in [-0.25, -0.2) is 0 Å². The number of nitrogen functional groups attached to an aromatic ring is 1. The number of nitrogens with zero attached hydrogens (tertiary/aromatic N) is 2. The molecule has 7 heteroatoms. The lowest BCUT2D eigenvalue weighted by molar-refractivity contribution is 0.626. The number of hydrogen-bond acceptors (Lipinski definition) is 3. The van der Waals surface area contributed by atoms with Gasteiger partial charge in [0, 0.05) is 17.3 Å². The Hall–Kier alpha value is -0.850. The van der Waals surface area contributed by atoms with E-state index in [1.165, 1.54) is 0 Å². The average molecular weight is 377 g/mol. The van der Waals surface area contributed by atoms with Gasteiger partial charge in [-0.1, -0.05) is 11.6 Å². The van der Waals surface area contributed by atoms with Crippen molar-refractivity contribution in [2.75, 3.05) is 5.73 Å². The maximum absolute atomic E-state index is 12.5. The molecule has 0 amide bonds. The molecule has 0 spiro atoms. The van der Waals surface area contributed by atoms with Gasteiger partial charge in [0.15, 0.2) is 0 Å². The predicted octanol–water partition coefficient (Wildman–Crippen LogP) is 3.52. The van der Waals surface area contributed by atoms with E-state index in [1.807, 2.05) is 18.5 Å². The van der Waals surface area contributed by atoms with Crippen LogP contribution in [0, 0.1) is 6.92 Å². The van der Waals surface area contributed by atoms with Crippen LogP contribution in [0.2, 0.25) is 5.02 Å². The van der Waals surface area contributed by atoms with Crippen molar-refractivity contribution in [3.8, 4) is 0 Å². The van der Waals surface area contributed by atoms with Crippen LogP contribution in [-0.4, -0.2) is 14.0 Å². The molecule has 0 radical (unpaired) electrons. The van der Waals surface area contributed by atoms with Crippen molar-refractivity contribution in [2.45, 2.75) is 31.0 Å². The summed E-state index contributed by atoms with van der Waals surface area (Å²) in [5, 5.41) is 4.92. The average Bonchev–Trinajstić information content (AvgIpc) is 2.69. The van der Waals surface area contributed by atoms with E-state index in [2.05, 4.69) is 21.0 Å². The van der Waals surface area contributed by atoms with Gasteiger partial charge in [-0.2, -0.15) is 5.10 Å². The molecule has 0 aliphatic carbocycles. The van der Waals surface area contributed by atoms with Crippen molar-refractivity contribution in [3.05, 3.63) is 39.1 Å². The number of benzene rings is 1.